The summed E-state index contributed by atoms with van der Waals surface area (Å²) < 4.78 is 7.76. The minimum atomic E-state index is -0.984. The molecule has 7 heteroatoms. The number of nitrogens with zero attached hydrogens (tertiary/aromatic N) is 3. The highest BCUT2D eigenvalue weighted by molar-refractivity contribution is 6.01. The Morgan fingerprint density at radius 3 is 2.74 bits per heavy atom. The molecule has 0 bridgehead atoms. The summed E-state index contributed by atoms with van der Waals surface area (Å²) in [7, 11) is 0. The third kappa shape index (κ3) is 3.63. The number of fused-ring (bicyclic) bond motifs is 3. The van der Waals surface area contributed by atoms with Gasteiger partial charge in [0.05, 0.1) is 23.7 Å². The van der Waals surface area contributed by atoms with Crippen molar-refractivity contribution >= 4 is 22.8 Å². The quantitative estimate of drug-likeness (QED) is 0.818. The van der Waals surface area contributed by atoms with Gasteiger partial charge in [-0.2, -0.15) is 0 Å². The number of amides is 2. The van der Waals surface area contributed by atoms with Gasteiger partial charge in [0.1, 0.15) is 5.54 Å². The highest BCUT2D eigenvalue weighted by Gasteiger charge is 2.49. The van der Waals surface area contributed by atoms with Crippen LogP contribution >= 0.6 is 0 Å². The smallest absolute Gasteiger partial charge is 0.290 e. The lowest BCUT2D eigenvalue weighted by atomic mass is 9.86. The van der Waals surface area contributed by atoms with E-state index >= 15 is 0 Å². The number of para-hydroxylation sites is 2. The normalized spacial score (nSPS) is 31.1. The molecule has 2 amide bonds. The van der Waals surface area contributed by atoms with Gasteiger partial charge in [0.2, 0.25) is 5.91 Å². The van der Waals surface area contributed by atoms with Crippen LogP contribution in [-0.4, -0.2) is 57.1 Å². The van der Waals surface area contributed by atoms with Gasteiger partial charge >= 0.3 is 0 Å². The van der Waals surface area contributed by atoms with Crippen LogP contribution in [0.3, 0.4) is 0 Å². The molecule has 0 radical (unpaired) electrons. The number of benzene rings is 1. The SMILES string of the molecule is CC1CCC(NC(=O)[C@@]2(C)Cn3c(nc4ccccc43)C(=O)N2C[C@@H]2CCCO2)CC1. The van der Waals surface area contributed by atoms with Crippen molar-refractivity contribution in [3.63, 3.8) is 0 Å². The van der Waals surface area contributed by atoms with E-state index in [-0.39, 0.29) is 24.0 Å². The fourth-order valence-electron chi connectivity index (χ4n) is 5.35. The molecular formula is C24H32N4O3. The lowest BCUT2D eigenvalue weighted by Crippen LogP contribution is -2.66. The summed E-state index contributed by atoms with van der Waals surface area (Å²) in [6.45, 7) is 5.71. The van der Waals surface area contributed by atoms with Gasteiger partial charge in [0.25, 0.3) is 5.91 Å². The monoisotopic (exact) mass is 424 g/mol. The molecule has 1 aromatic carbocycles. The van der Waals surface area contributed by atoms with Crippen LogP contribution in [0, 0.1) is 5.92 Å². The summed E-state index contributed by atoms with van der Waals surface area (Å²) >= 11 is 0. The van der Waals surface area contributed by atoms with Gasteiger partial charge in [-0.3, -0.25) is 9.59 Å². The standard InChI is InChI=1S/C24H32N4O3/c1-16-9-11-17(12-10-16)25-23(30)24(2)15-27-20-8-4-3-7-19(20)26-21(27)22(29)28(24)14-18-6-5-13-31-18/h3-4,7-8,16-18H,5-6,9-15H2,1-2H3,(H,25,30)/t16?,17?,18-,24+/m0/s1. The van der Waals surface area contributed by atoms with Crippen molar-refractivity contribution in [2.24, 2.45) is 5.92 Å². The fourth-order valence-corrected chi connectivity index (χ4v) is 5.35. The largest absolute Gasteiger partial charge is 0.376 e. The minimum Gasteiger partial charge on any atom is -0.376 e. The molecule has 0 unspecified atom stereocenters. The first-order chi connectivity index (χ1) is 15.0. The first kappa shape index (κ1) is 20.5. The Kier molecular flexibility index (Phi) is 5.24. The number of aromatic nitrogens is 2. The molecular weight excluding hydrogens is 392 g/mol. The van der Waals surface area contributed by atoms with Crippen molar-refractivity contribution < 1.29 is 14.3 Å². The summed E-state index contributed by atoms with van der Waals surface area (Å²) in [6, 6.07) is 7.93. The maximum absolute atomic E-state index is 13.7. The first-order valence-electron chi connectivity index (χ1n) is 11.7. The van der Waals surface area contributed by atoms with E-state index < -0.39 is 5.54 Å². The molecule has 3 aliphatic rings. The zero-order chi connectivity index (χ0) is 21.6. The zero-order valence-corrected chi connectivity index (χ0v) is 18.5. The minimum absolute atomic E-state index is 0.0254. The average molecular weight is 425 g/mol. The summed E-state index contributed by atoms with van der Waals surface area (Å²) in [5, 5.41) is 3.29. The van der Waals surface area contributed by atoms with E-state index in [9.17, 15) is 9.59 Å². The van der Waals surface area contributed by atoms with Gasteiger partial charge in [0, 0.05) is 19.2 Å². The third-order valence-corrected chi connectivity index (χ3v) is 7.40. The van der Waals surface area contributed by atoms with Crippen molar-refractivity contribution in [2.75, 3.05) is 13.2 Å². The second-order valence-corrected chi connectivity index (χ2v) is 9.77. The van der Waals surface area contributed by atoms with E-state index in [1.165, 1.54) is 0 Å². The predicted octanol–water partition coefficient (Wildman–Crippen LogP) is 3.12. The number of hydrogen-bond donors (Lipinski definition) is 1. The Morgan fingerprint density at radius 1 is 1.23 bits per heavy atom. The van der Waals surface area contributed by atoms with Gasteiger partial charge in [-0.05, 0) is 63.5 Å². The van der Waals surface area contributed by atoms with E-state index in [0.29, 0.717) is 25.5 Å². The highest BCUT2D eigenvalue weighted by atomic mass is 16.5. The van der Waals surface area contributed by atoms with E-state index in [2.05, 4.69) is 17.2 Å². The van der Waals surface area contributed by atoms with Gasteiger partial charge < -0.3 is 19.5 Å². The Morgan fingerprint density at radius 2 is 2.00 bits per heavy atom. The summed E-state index contributed by atoms with van der Waals surface area (Å²) in [4.78, 5) is 33.7. The lowest BCUT2D eigenvalue weighted by molar-refractivity contribution is -0.134. The molecule has 1 saturated heterocycles. The number of carbonyl (C=O) groups excluding carboxylic acids is 2. The maximum Gasteiger partial charge on any atom is 0.290 e. The van der Waals surface area contributed by atoms with Gasteiger partial charge in [-0.15, -0.1) is 0 Å². The second kappa shape index (κ2) is 7.93. The Labute approximate surface area is 183 Å². The van der Waals surface area contributed by atoms with E-state index in [1.54, 1.807) is 4.90 Å². The summed E-state index contributed by atoms with van der Waals surface area (Å²) in [5.74, 6) is 0.876. The zero-order valence-electron chi connectivity index (χ0n) is 18.5. The summed E-state index contributed by atoms with van der Waals surface area (Å²) in [6.07, 6.45) is 6.16. The van der Waals surface area contributed by atoms with Crippen LogP contribution in [0.2, 0.25) is 0 Å². The average Bonchev–Trinajstić information content (AvgIpc) is 3.41. The number of rotatable bonds is 4. The van der Waals surface area contributed by atoms with E-state index in [0.717, 1.165) is 55.5 Å². The number of ether oxygens (including phenoxy) is 1. The predicted molar refractivity (Wildman–Crippen MR) is 118 cm³/mol. The van der Waals surface area contributed by atoms with Gasteiger partial charge in [-0.25, -0.2) is 4.98 Å². The van der Waals surface area contributed by atoms with Crippen LogP contribution in [0.5, 0.6) is 0 Å². The lowest BCUT2D eigenvalue weighted by Gasteiger charge is -2.45. The fraction of sp³-hybridized carbons (Fsp3) is 0.625. The van der Waals surface area contributed by atoms with Crippen molar-refractivity contribution in [1.82, 2.24) is 19.8 Å². The second-order valence-electron chi connectivity index (χ2n) is 9.77. The topological polar surface area (TPSA) is 76.5 Å². The van der Waals surface area contributed by atoms with Crippen molar-refractivity contribution in [3.05, 3.63) is 30.1 Å². The number of nitrogens with one attached hydrogen (secondary N) is 1. The molecule has 0 spiro atoms. The van der Waals surface area contributed by atoms with Crippen LogP contribution < -0.4 is 5.32 Å². The number of hydrogen-bond acceptors (Lipinski definition) is 4. The molecule has 2 aromatic rings. The molecule has 2 aliphatic heterocycles. The molecule has 7 nitrogen and oxygen atoms in total. The van der Waals surface area contributed by atoms with Crippen LogP contribution in [0.15, 0.2) is 24.3 Å². The molecule has 31 heavy (non-hydrogen) atoms. The highest BCUT2D eigenvalue weighted by Crippen LogP contribution is 2.32. The molecule has 1 aromatic heterocycles. The molecule has 5 rings (SSSR count). The molecule has 3 heterocycles. The molecule has 1 saturated carbocycles. The van der Waals surface area contributed by atoms with Crippen LogP contribution in [0.4, 0.5) is 0 Å². The van der Waals surface area contributed by atoms with Crippen LogP contribution in [-0.2, 0) is 16.1 Å². The Bertz CT molecular complexity index is 988. The van der Waals surface area contributed by atoms with Crippen molar-refractivity contribution in [1.29, 1.82) is 0 Å². The molecule has 1 aliphatic carbocycles. The van der Waals surface area contributed by atoms with Crippen LogP contribution in [0.25, 0.3) is 11.0 Å². The van der Waals surface area contributed by atoms with Crippen molar-refractivity contribution in [3.8, 4) is 0 Å². The molecule has 166 valence electrons. The molecule has 2 fully saturated rings. The van der Waals surface area contributed by atoms with Gasteiger partial charge in [0.15, 0.2) is 5.82 Å². The molecule has 2 atom stereocenters. The molecule has 1 N–H and O–H groups in total. The van der Waals surface area contributed by atoms with Crippen LogP contribution in [0.1, 0.15) is 63.0 Å². The first-order valence-corrected chi connectivity index (χ1v) is 11.7. The third-order valence-electron chi connectivity index (χ3n) is 7.40. The summed E-state index contributed by atoms with van der Waals surface area (Å²) in [5.41, 5.74) is 0.699. The Hall–Kier alpha value is -2.41. The number of imidazole rings is 1. The Balaban J connectivity index is 1.48. The van der Waals surface area contributed by atoms with E-state index in [4.69, 9.17) is 4.74 Å². The van der Waals surface area contributed by atoms with Gasteiger partial charge in [-0.1, -0.05) is 19.1 Å². The van der Waals surface area contributed by atoms with E-state index in [1.807, 2.05) is 35.8 Å². The van der Waals surface area contributed by atoms with Crippen molar-refractivity contribution in [2.45, 2.75) is 76.6 Å². The number of carbonyl (C=O) groups is 2. The maximum atomic E-state index is 13.7.